The first kappa shape index (κ1) is 13.6. The van der Waals surface area contributed by atoms with Gasteiger partial charge >= 0.3 is 0 Å². The minimum absolute atomic E-state index is 0.0664. The van der Waals surface area contributed by atoms with Crippen molar-refractivity contribution in [2.24, 2.45) is 11.8 Å². The summed E-state index contributed by atoms with van der Waals surface area (Å²) in [5, 5.41) is 0. The fourth-order valence-electron chi connectivity index (χ4n) is 4.36. The first-order chi connectivity index (χ1) is 8.29. The minimum Gasteiger partial charge on any atom is -0.0711 e. The van der Waals surface area contributed by atoms with E-state index >= 15 is 0 Å². The average Bonchev–Trinajstić information content (AvgIpc) is 2.71. The fraction of sp³-hybridized carbons (Fsp3) is 1.00. The highest BCUT2D eigenvalue weighted by Crippen LogP contribution is 2.44. The van der Waals surface area contributed by atoms with E-state index < -0.39 is 0 Å². The summed E-state index contributed by atoms with van der Waals surface area (Å²) in [4.78, 5) is 0. The van der Waals surface area contributed by atoms with Crippen LogP contribution in [0.3, 0.4) is 0 Å². The molecule has 0 spiro atoms. The smallest absolute Gasteiger partial charge is 0.0449 e. The van der Waals surface area contributed by atoms with Crippen molar-refractivity contribution in [3.63, 3.8) is 0 Å². The summed E-state index contributed by atoms with van der Waals surface area (Å²) in [6.07, 6.45) is 17.0. The van der Waals surface area contributed by atoms with Gasteiger partial charge in [-0.15, -0.1) is 0 Å². The molecule has 2 rings (SSSR count). The van der Waals surface area contributed by atoms with Crippen molar-refractivity contribution in [1.29, 1.82) is 0 Å². The highest BCUT2D eigenvalue weighted by molar-refractivity contribution is 6.57. The zero-order chi connectivity index (χ0) is 12.1. The zero-order valence-corrected chi connectivity index (χ0v) is 13.0. The van der Waals surface area contributed by atoms with Gasteiger partial charge in [-0.3, -0.25) is 0 Å². The molecular weight excluding hydrogens is 220 g/mol. The molecule has 2 saturated carbocycles. The lowest BCUT2D eigenvalue weighted by molar-refractivity contribution is 0.267. The van der Waals surface area contributed by atoms with E-state index in [4.69, 9.17) is 0 Å². The summed E-state index contributed by atoms with van der Waals surface area (Å²) in [7, 11) is -0.0664. The summed E-state index contributed by atoms with van der Waals surface area (Å²) >= 11 is 0. The molecule has 0 heterocycles. The third-order valence-electron chi connectivity index (χ3n) is 5.32. The quantitative estimate of drug-likeness (QED) is 0.439. The van der Waals surface area contributed by atoms with E-state index in [0.29, 0.717) is 0 Å². The molecule has 1 radical (unpaired) electrons. The zero-order valence-electron chi connectivity index (χ0n) is 12.0. The molecule has 1 heteroatoms. The van der Waals surface area contributed by atoms with Crippen molar-refractivity contribution < 1.29 is 0 Å². The molecule has 2 unspecified atom stereocenters. The van der Waals surface area contributed by atoms with E-state index in [9.17, 15) is 0 Å². The highest BCUT2D eigenvalue weighted by atomic mass is 28.3. The van der Waals surface area contributed by atoms with Crippen LogP contribution >= 0.6 is 0 Å². The molecule has 2 fully saturated rings. The van der Waals surface area contributed by atoms with Gasteiger partial charge in [0.05, 0.1) is 0 Å². The molecule has 0 bridgehead atoms. The number of hydrogen-bond acceptors (Lipinski definition) is 0. The van der Waals surface area contributed by atoms with Crippen LogP contribution in [0.1, 0.15) is 70.6 Å². The van der Waals surface area contributed by atoms with Gasteiger partial charge in [-0.25, -0.2) is 0 Å². The van der Waals surface area contributed by atoms with Crippen LogP contribution < -0.4 is 0 Å². The Morgan fingerprint density at radius 1 is 0.647 bits per heavy atom. The largest absolute Gasteiger partial charge is 0.0711 e. The van der Waals surface area contributed by atoms with Crippen molar-refractivity contribution in [2.45, 2.75) is 89.3 Å². The summed E-state index contributed by atoms with van der Waals surface area (Å²) in [5.41, 5.74) is 1.14. The molecule has 0 aliphatic heterocycles. The van der Waals surface area contributed by atoms with Crippen LogP contribution in [-0.2, 0) is 0 Å². The Morgan fingerprint density at radius 2 is 1.18 bits per heavy atom. The lowest BCUT2D eigenvalue weighted by atomic mass is 9.81. The van der Waals surface area contributed by atoms with E-state index in [2.05, 4.69) is 13.1 Å². The van der Waals surface area contributed by atoms with Gasteiger partial charge in [0, 0.05) is 8.80 Å². The Balaban J connectivity index is 2.01. The minimum atomic E-state index is -0.0664. The van der Waals surface area contributed by atoms with E-state index in [-0.39, 0.29) is 8.80 Å². The van der Waals surface area contributed by atoms with E-state index in [1.165, 1.54) is 44.9 Å². The molecule has 0 amide bonds. The standard InChI is InChI=1S/C16H31Si/c1-17(2)16-13-9-5-8-12-15(16)14-10-6-3-4-7-11-14/h14-16H,3-13H2,1-2H3. The molecule has 0 aromatic heterocycles. The molecule has 17 heavy (non-hydrogen) atoms. The van der Waals surface area contributed by atoms with Gasteiger partial charge in [0.2, 0.25) is 0 Å². The molecule has 0 aromatic carbocycles. The van der Waals surface area contributed by atoms with Gasteiger partial charge in [0.15, 0.2) is 0 Å². The van der Waals surface area contributed by atoms with Crippen LogP contribution in [-0.4, -0.2) is 8.80 Å². The highest BCUT2D eigenvalue weighted by Gasteiger charge is 2.32. The van der Waals surface area contributed by atoms with Crippen LogP contribution in [0.5, 0.6) is 0 Å². The number of hydrogen-bond donors (Lipinski definition) is 0. The second kappa shape index (κ2) is 6.97. The predicted molar refractivity (Wildman–Crippen MR) is 79.0 cm³/mol. The molecular formula is C16H31Si. The Hall–Kier alpha value is 0.217. The van der Waals surface area contributed by atoms with Gasteiger partial charge in [-0.05, 0) is 17.4 Å². The third-order valence-corrected chi connectivity index (χ3v) is 7.52. The monoisotopic (exact) mass is 251 g/mol. The van der Waals surface area contributed by atoms with E-state index in [1.807, 2.05) is 0 Å². The second-order valence-corrected chi connectivity index (χ2v) is 9.63. The van der Waals surface area contributed by atoms with Gasteiger partial charge in [0.1, 0.15) is 0 Å². The fourth-order valence-corrected chi connectivity index (χ4v) is 6.43. The molecule has 2 aliphatic rings. The van der Waals surface area contributed by atoms with Crippen LogP contribution in [0.25, 0.3) is 0 Å². The van der Waals surface area contributed by atoms with Crippen molar-refractivity contribution in [3.05, 3.63) is 0 Å². The molecule has 2 atom stereocenters. The Labute approximate surface area is 110 Å². The van der Waals surface area contributed by atoms with Crippen LogP contribution in [0.2, 0.25) is 18.6 Å². The normalized spacial score (nSPS) is 33.4. The average molecular weight is 252 g/mol. The molecule has 0 N–H and O–H groups in total. The maximum Gasteiger partial charge on any atom is 0.0449 e. The van der Waals surface area contributed by atoms with Crippen molar-refractivity contribution in [1.82, 2.24) is 0 Å². The van der Waals surface area contributed by atoms with E-state index in [0.717, 1.165) is 17.4 Å². The maximum atomic E-state index is 2.57. The second-order valence-electron chi connectivity index (χ2n) is 6.74. The molecule has 99 valence electrons. The van der Waals surface area contributed by atoms with E-state index in [1.54, 1.807) is 25.7 Å². The molecule has 0 aromatic rings. The van der Waals surface area contributed by atoms with Crippen LogP contribution in [0, 0.1) is 11.8 Å². The van der Waals surface area contributed by atoms with Crippen LogP contribution in [0.15, 0.2) is 0 Å². The van der Waals surface area contributed by atoms with Crippen molar-refractivity contribution in [2.75, 3.05) is 0 Å². The van der Waals surface area contributed by atoms with Gasteiger partial charge in [0.25, 0.3) is 0 Å². The molecule has 0 saturated heterocycles. The lowest BCUT2D eigenvalue weighted by Crippen LogP contribution is -2.26. The lowest BCUT2D eigenvalue weighted by Gasteiger charge is -2.34. The third kappa shape index (κ3) is 3.84. The van der Waals surface area contributed by atoms with Gasteiger partial charge in [-0.2, -0.15) is 0 Å². The maximum absolute atomic E-state index is 2.57. The van der Waals surface area contributed by atoms with Crippen molar-refractivity contribution in [3.8, 4) is 0 Å². The first-order valence-electron chi connectivity index (χ1n) is 8.09. The van der Waals surface area contributed by atoms with Gasteiger partial charge in [-0.1, -0.05) is 83.7 Å². The summed E-state index contributed by atoms with van der Waals surface area (Å²) < 4.78 is 0. The Kier molecular flexibility index (Phi) is 5.59. The van der Waals surface area contributed by atoms with Crippen LogP contribution in [0.4, 0.5) is 0 Å². The molecule has 0 nitrogen and oxygen atoms in total. The topological polar surface area (TPSA) is 0 Å². The summed E-state index contributed by atoms with van der Waals surface area (Å²) in [6, 6.07) is 0. The summed E-state index contributed by atoms with van der Waals surface area (Å²) in [6.45, 7) is 5.15. The van der Waals surface area contributed by atoms with Gasteiger partial charge < -0.3 is 0 Å². The Bertz CT molecular complexity index is 204. The van der Waals surface area contributed by atoms with Crippen molar-refractivity contribution >= 4 is 8.80 Å². The Morgan fingerprint density at radius 3 is 1.82 bits per heavy atom. The molecule has 2 aliphatic carbocycles. The first-order valence-corrected chi connectivity index (χ1v) is 10.7. The predicted octanol–water partition coefficient (Wildman–Crippen LogP) is 5.66. The number of rotatable bonds is 2. The SMILES string of the molecule is C[Si](C)C1CCCCCC1C1CCCCCC1. The summed E-state index contributed by atoms with van der Waals surface area (Å²) in [5.74, 6) is 2.24.